The topological polar surface area (TPSA) is 62.8 Å². The van der Waals surface area contributed by atoms with Crippen molar-refractivity contribution in [3.8, 4) is 11.5 Å². The van der Waals surface area contributed by atoms with Crippen LogP contribution in [0.15, 0.2) is 12.1 Å². The van der Waals surface area contributed by atoms with Gasteiger partial charge in [0.25, 0.3) is 0 Å². The van der Waals surface area contributed by atoms with Gasteiger partial charge < -0.3 is 20.1 Å². The number of fused-ring (bicyclic) bond motifs is 1. The van der Waals surface area contributed by atoms with E-state index in [1.54, 1.807) is 12.1 Å². The summed E-state index contributed by atoms with van der Waals surface area (Å²) in [6.07, 6.45) is 0.828. The molecule has 0 radical (unpaired) electrons. The maximum Gasteiger partial charge on any atom is 0.238 e. The Labute approximate surface area is 153 Å². The molecule has 0 aromatic heterocycles. The first kappa shape index (κ1) is 19.1. The fraction of sp³-hybridized carbons (Fsp3) is 0.562. The minimum absolute atomic E-state index is 0. The zero-order chi connectivity index (χ0) is 16.2. The predicted octanol–water partition coefficient (Wildman–Crippen LogP) is 2.16. The number of carbonyl (C=O) groups is 1. The highest BCUT2D eigenvalue weighted by Crippen LogP contribution is 2.37. The van der Waals surface area contributed by atoms with Crippen LogP contribution in [0.2, 0.25) is 5.02 Å². The lowest BCUT2D eigenvalue weighted by Crippen LogP contribution is -2.51. The summed E-state index contributed by atoms with van der Waals surface area (Å²) < 4.78 is 11.2. The third-order valence-corrected chi connectivity index (χ3v) is 4.41. The van der Waals surface area contributed by atoms with Crippen LogP contribution in [0, 0.1) is 0 Å². The number of hydrogen-bond donors (Lipinski definition) is 2. The maximum absolute atomic E-state index is 12.3. The van der Waals surface area contributed by atoms with Gasteiger partial charge in [-0.05, 0) is 6.92 Å². The second-order valence-corrected chi connectivity index (χ2v) is 6.31. The van der Waals surface area contributed by atoms with Crippen molar-refractivity contribution < 1.29 is 14.3 Å². The van der Waals surface area contributed by atoms with Crippen molar-refractivity contribution in [2.45, 2.75) is 19.4 Å². The van der Waals surface area contributed by atoms with Gasteiger partial charge in [-0.2, -0.15) is 0 Å². The highest BCUT2D eigenvalue weighted by molar-refractivity contribution is 6.34. The molecule has 2 N–H and O–H groups in total. The lowest BCUT2D eigenvalue weighted by molar-refractivity contribution is -0.118. The van der Waals surface area contributed by atoms with Crippen LogP contribution in [0.4, 0.5) is 5.69 Å². The summed E-state index contributed by atoms with van der Waals surface area (Å²) in [6.45, 7) is 6.34. The molecule has 8 heteroatoms. The Bertz CT molecular complexity index is 586. The molecule has 1 atom stereocenters. The van der Waals surface area contributed by atoms with Crippen molar-refractivity contribution in [1.82, 2.24) is 10.2 Å². The number of nitrogens with one attached hydrogen (secondary N) is 2. The van der Waals surface area contributed by atoms with E-state index in [4.69, 9.17) is 21.1 Å². The van der Waals surface area contributed by atoms with Crippen molar-refractivity contribution in [2.24, 2.45) is 0 Å². The molecule has 1 saturated heterocycles. The summed E-state index contributed by atoms with van der Waals surface area (Å²) in [7, 11) is 0. The van der Waals surface area contributed by atoms with E-state index in [1.165, 1.54) is 0 Å². The number of hydrogen-bond acceptors (Lipinski definition) is 5. The van der Waals surface area contributed by atoms with Gasteiger partial charge in [0.2, 0.25) is 5.91 Å². The number of piperazine rings is 1. The van der Waals surface area contributed by atoms with E-state index in [0.717, 1.165) is 26.1 Å². The van der Waals surface area contributed by atoms with E-state index in [2.05, 4.69) is 22.5 Å². The van der Waals surface area contributed by atoms with Crippen LogP contribution in [-0.2, 0) is 4.79 Å². The maximum atomic E-state index is 12.3. The quantitative estimate of drug-likeness (QED) is 0.847. The van der Waals surface area contributed by atoms with Crippen LogP contribution in [0.5, 0.6) is 11.5 Å². The molecule has 24 heavy (non-hydrogen) atoms. The molecule has 0 spiro atoms. The number of rotatable bonds is 3. The molecule has 0 unspecified atom stereocenters. The molecular formula is C16H23Cl2N3O3. The van der Waals surface area contributed by atoms with Crippen molar-refractivity contribution >= 4 is 35.6 Å². The van der Waals surface area contributed by atoms with Crippen LogP contribution < -0.4 is 20.1 Å². The van der Waals surface area contributed by atoms with Crippen LogP contribution in [0.25, 0.3) is 0 Å². The van der Waals surface area contributed by atoms with E-state index < -0.39 is 0 Å². The van der Waals surface area contributed by atoms with Gasteiger partial charge in [0.15, 0.2) is 11.5 Å². The van der Waals surface area contributed by atoms with Gasteiger partial charge in [0.05, 0.1) is 30.5 Å². The second kappa shape index (κ2) is 8.76. The highest BCUT2D eigenvalue weighted by Gasteiger charge is 2.21. The normalized spacial score (nSPS) is 20.7. The number of benzene rings is 1. The summed E-state index contributed by atoms with van der Waals surface area (Å²) in [4.78, 5) is 14.5. The van der Waals surface area contributed by atoms with Gasteiger partial charge in [-0.25, -0.2) is 0 Å². The third kappa shape index (κ3) is 4.66. The molecule has 2 aliphatic heterocycles. The molecule has 2 heterocycles. The molecule has 0 bridgehead atoms. The summed E-state index contributed by atoms with van der Waals surface area (Å²) in [5, 5.41) is 6.65. The lowest BCUT2D eigenvalue weighted by atomic mass is 10.2. The molecule has 134 valence electrons. The van der Waals surface area contributed by atoms with Gasteiger partial charge >= 0.3 is 0 Å². The first-order valence-electron chi connectivity index (χ1n) is 7.97. The monoisotopic (exact) mass is 375 g/mol. The fourth-order valence-corrected chi connectivity index (χ4v) is 2.97. The predicted molar refractivity (Wildman–Crippen MR) is 96.8 cm³/mol. The lowest BCUT2D eigenvalue weighted by Gasteiger charge is -2.33. The van der Waals surface area contributed by atoms with Crippen molar-refractivity contribution in [3.63, 3.8) is 0 Å². The number of nitrogens with zero attached hydrogens (tertiary/aromatic N) is 1. The largest absolute Gasteiger partial charge is 0.490 e. The molecule has 1 amide bonds. The van der Waals surface area contributed by atoms with Gasteiger partial charge in [-0.1, -0.05) is 11.6 Å². The van der Waals surface area contributed by atoms with Crippen LogP contribution in [0.1, 0.15) is 13.3 Å². The van der Waals surface area contributed by atoms with E-state index in [0.29, 0.717) is 48.0 Å². The molecule has 1 aromatic carbocycles. The summed E-state index contributed by atoms with van der Waals surface area (Å²) >= 11 is 6.26. The number of ether oxygens (including phenoxy) is 2. The molecule has 2 aliphatic rings. The molecule has 6 nitrogen and oxygen atoms in total. The molecule has 0 aliphatic carbocycles. The van der Waals surface area contributed by atoms with E-state index in [-0.39, 0.29) is 18.3 Å². The Morgan fingerprint density at radius 3 is 2.79 bits per heavy atom. The minimum Gasteiger partial charge on any atom is -0.490 e. The van der Waals surface area contributed by atoms with Gasteiger partial charge in [0.1, 0.15) is 0 Å². The molecule has 3 rings (SSSR count). The van der Waals surface area contributed by atoms with Gasteiger partial charge in [0, 0.05) is 44.2 Å². The average molecular weight is 376 g/mol. The molecule has 0 saturated carbocycles. The Hall–Kier alpha value is -1.21. The fourth-order valence-electron chi connectivity index (χ4n) is 2.77. The first-order chi connectivity index (χ1) is 11.1. The smallest absolute Gasteiger partial charge is 0.238 e. The number of amides is 1. The van der Waals surface area contributed by atoms with Crippen LogP contribution in [0.3, 0.4) is 0 Å². The Morgan fingerprint density at radius 2 is 2.08 bits per heavy atom. The van der Waals surface area contributed by atoms with Crippen LogP contribution >= 0.6 is 24.0 Å². The van der Waals surface area contributed by atoms with Crippen molar-refractivity contribution in [1.29, 1.82) is 0 Å². The Balaban J connectivity index is 0.00000208. The average Bonchev–Trinajstić information content (AvgIpc) is 2.75. The van der Waals surface area contributed by atoms with Crippen molar-refractivity contribution in [2.75, 3.05) is 44.7 Å². The summed E-state index contributed by atoms with van der Waals surface area (Å²) in [5.41, 5.74) is 0.559. The van der Waals surface area contributed by atoms with Gasteiger partial charge in [-0.15, -0.1) is 12.4 Å². The number of carbonyl (C=O) groups excluding carboxylic acids is 1. The second-order valence-electron chi connectivity index (χ2n) is 5.90. The van der Waals surface area contributed by atoms with E-state index in [9.17, 15) is 4.79 Å². The summed E-state index contributed by atoms with van der Waals surface area (Å²) in [5.74, 6) is 1.18. The first-order valence-corrected chi connectivity index (χ1v) is 8.35. The van der Waals surface area contributed by atoms with Crippen molar-refractivity contribution in [3.05, 3.63) is 17.2 Å². The zero-order valence-electron chi connectivity index (χ0n) is 13.6. The number of anilines is 1. The minimum atomic E-state index is -0.0739. The molecule has 1 aromatic rings. The molecular weight excluding hydrogens is 353 g/mol. The highest BCUT2D eigenvalue weighted by atomic mass is 35.5. The number of halogens is 2. The zero-order valence-corrected chi connectivity index (χ0v) is 15.2. The SMILES string of the molecule is C[C@H]1CNCCN1CC(=O)Nc1cc2c(cc1Cl)OCCCO2.Cl. The Kier molecular flexibility index (Phi) is 6.98. The third-order valence-electron chi connectivity index (χ3n) is 4.10. The van der Waals surface area contributed by atoms with E-state index >= 15 is 0 Å². The van der Waals surface area contributed by atoms with E-state index in [1.807, 2.05) is 0 Å². The molecule has 1 fully saturated rings. The Morgan fingerprint density at radius 1 is 1.38 bits per heavy atom. The van der Waals surface area contributed by atoms with Crippen LogP contribution in [-0.4, -0.2) is 56.2 Å². The summed E-state index contributed by atoms with van der Waals surface area (Å²) in [6, 6.07) is 3.78. The van der Waals surface area contributed by atoms with Gasteiger partial charge in [-0.3, -0.25) is 9.69 Å². The standard InChI is InChI=1S/C16H22ClN3O3.ClH/c1-11-9-18-3-4-20(11)10-16(21)19-13-8-15-14(7-12(13)17)22-5-2-6-23-15;/h7-8,11,18H,2-6,9-10H2,1H3,(H,19,21);1H/t11-;/m0./s1.